The molecule has 6 nitrogen and oxygen atoms in total. The van der Waals surface area contributed by atoms with Crippen LogP contribution in [0.2, 0.25) is 5.02 Å². The lowest BCUT2D eigenvalue weighted by atomic mass is 10.2. The first-order valence-corrected chi connectivity index (χ1v) is 10.4. The van der Waals surface area contributed by atoms with Crippen LogP contribution in [-0.4, -0.2) is 57.4 Å². The van der Waals surface area contributed by atoms with E-state index in [0.717, 1.165) is 49.2 Å². The number of benzene rings is 2. The van der Waals surface area contributed by atoms with Crippen LogP contribution in [0.4, 0.5) is 0 Å². The van der Waals surface area contributed by atoms with Crippen molar-refractivity contribution < 1.29 is 4.74 Å². The zero-order chi connectivity index (χ0) is 20.2. The highest BCUT2D eigenvalue weighted by molar-refractivity contribution is 7.71. The van der Waals surface area contributed by atoms with Crippen molar-refractivity contribution in [1.82, 2.24) is 24.1 Å². The summed E-state index contributed by atoms with van der Waals surface area (Å²) in [6.07, 6.45) is 1.76. The molecular formula is C21H24ClN5OS. The summed E-state index contributed by atoms with van der Waals surface area (Å²) in [6.45, 7) is 5.64. The molecule has 8 heteroatoms. The van der Waals surface area contributed by atoms with Crippen molar-refractivity contribution in [3.05, 3.63) is 70.2 Å². The molecule has 0 spiro atoms. The number of para-hydroxylation sites is 2. The Hall–Kier alpha value is -2.19. The van der Waals surface area contributed by atoms with Crippen LogP contribution in [-0.2, 0) is 13.2 Å². The van der Waals surface area contributed by atoms with Gasteiger partial charge in [-0.05, 0) is 42.0 Å². The van der Waals surface area contributed by atoms with Gasteiger partial charge in [-0.1, -0.05) is 35.9 Å². The summed E-state index contributed by atoms with van der Waals surface area (Å²) in [5, 5.41) is 5.29. The number of hydrogen-bond donors (Lipinski definition) is 0. The smallest absolute Gasteiger partial charge is 0.203 e. The summed E-state index contributed by atoms with van der Waals surface area (Å²) >= 11 is 11.6. The monoisotopic (exact) mass is 429 g/mol. The van der Waals surface area contributed by atoms with Gasteiger partial charge < -0.3 is 4.74 Å². The number of hydrogen-bond acceptors (Lipinski definition) is 5. The second kappa shape index (κ2) is 9.09. The van der Waals surface area contributed by atoms with Gasteiger partial charge in [0, 0.05) is 37.7 Å². The number of halogens is 1. The van der Waals surface area contributed by atoms with Crippen LogP contribution in [0.1, 0.15) is 5.56 Å². The molecule has 0 atom stereocenters. The highest BCUT2D eigenvalue weighted by atomic mass is 35.5. The van der Waals surface area contributed by atoms with Gasteiger partial charge in [-0.15, -0.1) is 0 Å². The van der Waals surface area contributed by atoms with Crippen molar-refractivity contribution >= 4 is 23.8 Å². The molecule has 2 aromatic carbocycles. The summed E-state index contributed by atoms with van der Waals surface area (Å²) < 4.78 is 9.88. The Balaban J connectivity index is 1.37. The molecule has 2 heterocycles. The lowest BCUT2D eigenvalue weighted by Crippen LogP contribution is -2.46. The van der Waals surface area contributed by atoms with Crippen LogP contribution in [0.5, 0.6) is 5.75 Å². The first-order chi connectivity index (χ1) is 14.1. The van der Waals surface area contributed by atoms with Crippen LogP contribution in [0.15, 0.2) is 54.9 Å². The lowest BCUT2D eigenvalue weighted by molar-refractivity contribution is 0.0981. The van der Waals surface area contributed by atoms with E-state index in [2.05, 4.69) is 27.0 Å². The SMILES string of the molecule is COc1ccccc1-n1cnn(CN2CCN(Cc3ccc(Cl)cc3)CC2)c1=S. The molecule has 0 N–H and O–H groups in total. The summed E-state index contributed by atoms with van der Waals surface area (Å²) in [7, 11) is 1.66. The van der Waals surface area contributed by atoms with Crippen LogP contribution in [0.25, 0.3) is 5.69 Å². The Morgan fingerprint density at radius 3 is 2.41 bits per heavy atom. The summed E-state index contributed by atoms with van der Waals surface area (Å²) in [5.74, 6) is 0.777. The molecule has 29 heavy (non-hydrogen) atoms. The van der Waals surface area contributed by atoms with Crippen molar-refractivity contribution in [3.8, 4) is 11.4 Å². The molecule has 0 unspecified atom stereocenters. The van der Waals surface area contributed by atoms with Gasteiger partial charge in [0.05, 0.1) is 19.5 Å². The summed E-state index contributed by atoms with van der Waals surface area (Å²) in [6, 6.07) is 15.9. The van der Waals surface area contributed by atoms with Gasteiger partial charge in [0.25, 0.3) is 0 Å². The molecule has 152 valence electrons. The van der Waals surface area contributed by atoms with Crippen LogP contribution < -0.4 is 4.74 Å². The van der Waals surface area contributed by atoms with E-state index < -0.39 is 0 Å². The Labute approximate surface area is 180 Å². The summed E-state index contributed by atoms with van der Waals surface area (Å²) in [5.41, 5.74) is 2.19. The van der Waals surface area contributed by atoms with Crippen molar-refractivity contribution in [2.45, 2.75) is 13.2 Å². The maximum Gasteiger partial charge on any atom is 0.203 e. The fourth-order valence-electron chi connectivity index (χ4n) is 3.55. The molecule has 1 saturated heterocycles. The molecule has 0 radical (unpaired) electrons. The van der Waals surface area contributed by atoms with Gasteiger partial charge in [0.1, 0.15) is 12.1 Å². The third-order valence-electron chi connectivity index (χ3n) is 5.20. The minimum atomic E-state index is 0.665. The van der Waals surface area contributed by atoms with E-state index in [9.17, 15) is 0 Å². The van der Waals surface area contributed by atoms with Gasteiger partial charge in [-0.25, -0.2) is 4.68 Å². The lowest BCUT2D eigenvalue weighted by Gasteiger charge is -2.34. The fraction of sp³-hybridized carbons (Fsp3) is 0.333. The zero-order valence-corrected chi connectivity index (χ0v) is 17.9. The third-order valence-corrected chi connectivity index (χ3v) is 5.86. The maximum absolute atomic E-state index is 5.98. The van der Waals surface area contributed by atoms with Crippen LogP contribution in [0, 0.1) is 4.77 Å². The van der Waals surface area contributed by atoms with E-state index in [1.54, 1.807) is 13.4 Å². The molecule has 1 fully saturated rings. The molecule has 4 rings (SSSR count). The van der Waals surface area contributed by atoms with Gasteiger partial charge in [0.2, 0.25) is 4.77 Å². The quantitative estimate of drug-likeness (QED) is 0.556. The van der Waals surface area contributed by atoms with Crippen molar-refractivity contribution in [2.75, 3.05) is 33.3 Å². The molecule has 1 aromatic heterocycles. The molecule has 0 amide bonds. The summed E-state index contributed by atoms with van der Waals surface area (Å²) in [4.78, 5) is 4.85. The van der Waals surface area contributed by atoms with Gasteiger partial charge in [-0.2, -0.15) is 5.10 Å². The van der Waals surface area contributed by atoms with E-state index in [1.807, 2.05) is 45.6 Å². The van der Waals surface area contributed by atoms with E-state index in [0.29, 0.717) is 11.4 Å². The van der Waals surface area contributed by atoms with Crippen LogP contribution >= 0.6 is 23.8 Å². The highest BCUT2D eigenvalue weighted by Gasteiger charge is 2.18. The third kappa shape index (κ3) is 4.70. The Kier molecular flexibility index (Phi) is 6.30. The average molecular weight is 430 g/mol. The Morgan fingerprint density at radius 1 is 1.00 bits per heavy atom. The largest absolute Gasteiger partial charge is 0.495 e. The first-order valence-electron chi connectivity index (χ1n) is 9.61. The second-order valence-electron chi connectivity index (χ2n) is 7.12. The topological polar surface area (TPSA) is 38.5 Å². The normalized spacial score (nSPS) is 15.5. The molecule has 0 saturated carbocycles. The minimum Gasteiger partial charge on any atom is -0.495 e. The number of piperazine rings is 1. The molecule has 0 bridgehead atoms. The fourth-order valence-corrected chi connectivity index (χ4v) is 3.93. The molecular weight excluding hydrogens is 406 g/mol. The van der Waals surface area contributed by atoms with E-state index in [4.69, 9.17) is 28.6 Å². The second-order valence-corrected chi connectivity index (χ2v) is 7.92. The van der Waals surface area contributed by atoms with E-state index in [1.165, 1.54) is 5.56 Å². The zero-order valence-electron chi connectivity index (χ0n) is 16.4. The number of ether oxygens (including phenoxy) is 1. The Morgan fingerprint density at radius 2 is 1.69 bits per heavy atom. The van der Waals surface area contributed by atoms with E-state index >= 15 is 0 Å². The van der Waals surface area contributed by atoms with Gasteiger partial charge in [0.15, 0.2) is 0 Å². The van der Waals surface area contributed by atoms with Gasteiger partial charge in [-0.3, -0.25) is 14.4 Å². The van der Waals surface area contributed by atoms with Crippen molar-refractivity contribution in [1.29, 1.82) is 0 Å². The number of methoxy groups -OCH3 is 1. The predicted octanol–water partition coefficient (Wildman–Crippen LogP) is 3.84. The molecule has 1 aliphatic rings. The predicted molar refractivity (Wildman–Crippen MR) is 117 cm³/mol. The average Bonchev–Trinajstić information content (AvgIpc) is 3.11. The maximum atomic E-state index is 5.98. The number of rotatable bonds is 6. The molecule has 3 aromatic rings. The van der Waals surface area contributed by atoms with Crippen LogP contribution in [0.3, 0.4) is 0 Å². The number of nitrogens with zero attached hydrogens (tertiary/aromatic N) is 5. The molecule has 1 aliphatic heterocycles. The van der Waals surface area contributed by atoms with Crippen molar-refractivity contribution in [3.63, 3.8) is 0 Å². The highest BCUT2D eigenvalue weighted by Crippen LogP contribution is 2.22. The van der Waals surface area contributed by atoms with E-state index in [-0.39, 0.29) is 0 Å². The Bertz CT molecular complexity index is 1010. The number of aromatic nitrogens is 3. The first kappa shape index (κ1) is 20.1. The minimum absolute atomic E-state index is 0.665. The standard InChI is InChI=1S/C21H24ClN5OS/c1-28-20-5-3-2-4-19(20)26-15-23-27(21(26)29)16-25-12-10-24(11-13-25)14-17-6-8-18(22)9-7-17/h2-9,15H,10-14,16H2,1H3. The van der Waals surface area contributed by atoms with Gasteiger partial charge >= 0.3 is 0 Å². The van der Waals surface area contributed by atoms with Crippen molar-refractivity contribution in [2.24, 2.45) is 0 Å². The molecule has 0 aliphatic carbocycles.